The second-order valence-electron chi connectivity index (χ2n) is 4.32. The number of methoxy groups -OCH3 is 2. The number of benzene rings is 1. The smallest absolute Gasteiger partial charge is 0.169 e. The van der Waals surface area contributed by atoms with E-state index in [1.54, 1.807) is 32.4 Å². The van der Waals surface area contributed by atoms with E-state index in [0.29, 0.717) is 30.3 Å². The molecule has 4 nitrogen and oxygen atoms in total. The van der Waals surface area contributed by atoms with Crippen LogP contribution in [0.1, 0.15) is 23.2 Å². The van der Waals surface area contributed by atoms with Crippen molar-refractivity contribution < 1.29 is 19.0 Å². The average Bonchev–Trinajstić information content (AvgIpc) is 2.46. The predicted octanol–water partition coefficient (Wildman–Crippen LogP) is 2.31. The van der Waals surface area contributed by atoms with Gasteiger partial charge in [-0.25, -0.2) is 0 Å². The largest absolute Gasteiger partial charge is 0.497 e. The first-order valence-electron chi connectivity index (χ1n) is 6.10. The lowest BCUT2D eigenvalue weighted by Gasteiger charge is -2.21. The summed E-state index contributed by atoms with van der Waals surface area (Å²) in [5.41, 5.74) is 0.630. The fourth-order valence-corrected chi connectivity index (χ4v) is 2.18. The van der Waals surface area contributed by atoms with Crippen molar-refractivity contribution in [2.45, 2.75) is 12.8 Å². The van der Waals surface area contributed by atoms with Crippen molar-refractivity contribution >= 4 is 5.78 Å². The fourth-order valence-electron chi connectivity index (χ4n) is 2.18. The van der Waals surface area contributed by atoms with Gasteiger partial charge < -0.3 is 14.2 Å². The summed E-state index contributed by atoms with van der Waals surface area (Å²) in [4.78, 5) is 12.4. The van der Waals surface area contributed by atoms with Gasteiger partial charge in [0.1, 0.15) is 11.5 Å². The second-order valence-corrected chi connectivity index (χ2v) is 4.32. The molecule has 1 heterocycles. The first kappa shape index (κ1) is 12.9. The highest BCUT2D eigenvalue weighted by Gasteiger charge is 2.25. The van der Waals surface area contributed by atoms with E-state index in [2.05, 4.69) is 0 Å². The molecule has 1 aliphatic rings. The Labute approximate surface area is 107 Å². The Bertz CT molecular complexity index is 422. The molecule has 98 valence electrons. The number of carbonyl (C=O) groups excluding carboxylic acids is 1. The van der Waals surface area contributed by atoms with Crippen molar-refractivity contribution in [2.75, 3.05) is 27.4 Å². The van der Waals surface area contributed by atoms with Gasteiger partial charge in [-0.15, -0.1) is 0 Å². The Kier molecular flexibility index (Phi) is 4.20. The molecule has 0 spiro atoms. The quantitative estimate of drug-likeness (QED) is 0.769. The maximum atomic E-state index is 12.4. The zero-order valence-electron chi connectivity index (χ0n) is 10.8. The van der Waals surface area contributed by atoms with E-state index in [0.717, 1.165) is 12.8 Å². The lowest BCUT2D eigenvalue weighted by molar-refractivity contribution is 0.0543. The molecular weight excluding hydrogens is 232 g/mol. The number of ketones is 1. The molecule has 0 N–H and O–H groups in total. The van der Waals surface area contributed by atoms with Crippen LogP contribution in [0.4, 0.5) is 0 Å². The molecule has 0 aromatic heterocycles. The van der Waals surface area contributed by atoms with Crippen LogP contribution in [0.15, 0.2) is 18.2 Å². The average molecular weight is 250 g/mol. The van der Waals surface area contributed by atoms with Gasteiger partial charge in [0.2, 0.25) is 0 Å². The third-order valence-corrected chi connectivity index (χ3v) is 3.27. The van der Waals surface area contributed by atoms with Crippen LogP contribution in [0.25, 0.3) is 0 Å². The van der Waals surface area contributed by atoms with Crippen molar-refractivity contribution in [2.24, 2.45) is 5.92 Å². The van der Waals surface area contributed by atoms with Crippen LogP contribution in [-0.4, -0.2) is 33.2 Å². The minimum Gasteiger partial charge on any atom is -0.497 e. The maximum absolute atomic E-state index is 12.4. The molecule has 4 heteroatoms. The highest BCUT2D eigenvalue weighted by atomic mass is 16.5. The monoisotopic (exact) mass is 250 g/mol. The molecule has 2 rings (SSSR count). The van der Waals surface area contributed by atoms with Crippen LogP contribution in [0.2, 0.25) is 0 Å². The van der Waals surface area contributed by atoms with Crippen molar-refractivity contribution in [1.82, 2.24) is 0 Å². The zero-order chi connectivity index (χ0) is 13.0. The molecule has 0 aliphatic carbocycles. The lowest BCUT2D eigenvalue weighted by atomic mass is 9.90. The lowest BCUT2D eigenvalue weighted by Crippen LogP contribution is -2.23. The summed E-state index contributed by atoms with van der Waals surface area (Å²) in [7, 11) is 3.16. The molecule has 0 saturated carbocycles. The summed E-state index contributed by atoms with van der Waals surface area (Å²) in [6, 6.07) is 5.30. The fraction of sp³-hybridized carbons (Fsp3) is 0.500. The summed E-state index contributed by atoms with van der Waals surface area (Å²) >= 11 is 0. The molecule has 0 radical (unpaired) electrons. The van der Waals surface area contributed by atoms with Gasteiger partial charge in [0, 0.05) is 25.2 Å². The van der Waals surface area contributed by atoms with Gasteiger partial charge in [0.15, 0.2) is 5.78 Å². The number of ether oxygens (including phenoxy) is 3. The highest BCUT2D eigenvalue weighted by Crippen LogP contribution is 2.29. The summed E-state index contributed by atoms with van der Waals surface area (Å²) in [5.74, 6) is 1.44. The normalized spacial score (nSPS) is 16.3. The van der Waals surface area contributed by atoms with Crippen LogP contribution in [0, 0.1) is 5.92 Å². The first-order chi connectivity index (χ1) is 8.76. The van der Waals surface area contributed by atoms with E-state index in [4.69, 9.17) is 14.2 Å². The molecular formula is C14H18O4. The number of hydrogen-bond donors (Lipinski definition) is 0. The Morgan fingerprint density at radius 3 is 2.56 bits per heavy atom. The van der Waals surface area contributed by atoms with E-state index in [9.17, 15) is 4.79 Å². The van der Waals surface area contributed by atoms with E-state index < -0.39 is 0 Å². The van der Waals surface area contributed by atoms with Crippen LogP contribution in [0.3, 0.4) is 0 Å². The summed E-state index contributed by atoms with van der Waals surface area (Å²) in [5, 5.41) is 0. The van der Waals surface area contributed by atoms with Crippen molar-refractivity contribution in [3.63, 3.8) is 0 Å². The van der Waals surface area contributed by atoms with Crippen LogP contribution < -0.4 is 9.47 Å². The summed E-state index contributed by atoms with van der Waals surface area (Å²) in [6.07, 6.45) is 1.57. The van der Waals surface area contributed by atoms with E-state index >= 15 is 0 Å². The molecule has 1 aromatic carbocycles. The third-order valence-electron chi connectivity index (χ3n) is 3.27. The Hall–Kier alpha value is -1.55. The van der Waals surface area contributed by atoms with Gasteiger partial charge in [-0.1, -0.05) is 0 Å². The minimum absolute atomic E-state index is 0.0426. The van der Waals surface area contributed by atoms with Crippen LogP contribution in [0.5, 0.6) is 11.5 Å². The van der Waals surface area contributed by atoms with Gasteiger partial charge in [-0.05, 0) is 25.0 Å². The Morgan fingerprint density at radius 2 is 1.94 bits per heavy atom. The highest BCUT2D eigenvalue weighted by molar-refractivity contribution is 6.00. The number of Topliss-reactive ketones (excluding diaryl/α,β-unsaturated/α-hetero) is 1. The number of hydrogen-bond acceptors (Lipinski definition) is 4. The minimum atomic E-state index is 0.0426. The van der Waals surface area contributed by atoms with Crippen LogP contribution in [-0.2, 0) is 4.74 Å². The molecule has 1 saturated heterocycles. The molecule has 1 aliphatic heterocycles. The van der Waals surface area contributed by atoms with Gasteiger partial charge in [-0.3, -0.25) is 4.79 Å². The van der Waals surface area contributed by atoms with Gasteiger partial charge in [-0.2, -0.15) is 0 Å². The SMILES string of the molecule is COc1ccc(C(=O)C2CCOCC2)c(OC)c1. The second kappa shape index (κ2) is 5.87. The van der Waals surface area contributed by atoms with Crippen molar-refractivity contribution in [3.05, 3.63) is 23.8 Å². The topological polar surface area (TPSA) is 44.8 Å². The molecule has 0 amide bonds. The van der Waals surface area contributed by atoms with E-state index in [1.807, 2.05) is 0 Å². The van der Waals surface area contributed by atoms with E-state index in [1.165, 1.54) is 0 Å². The molecule has 0 atom stereocenters. The third kappa shape index (κ3) is 2.64. The maximum Gasteiger partial charge on any atom is 0.169 e. The molecule has 1 fully saturated rings. The van der Waals surface area contributed by atoms with Crippen LogP contribution >= 0.6 is 0 Å². The summed E-state index contributed by atoms with van der Waals surface area (Å²) < 4.78 is 15.7. The number of rotatable bonds is 4. The standard InChI is InChI=1S/C14H18O4/c1-16-11-3-4-12(13(9-11)17-2)14(15)10-5-7-18-8-6-10/h3-4,9-10H,5-8H2,1-2H3. The Morgan fingerprint density at radius 1 is 1.22 bits per heavy atom. The first-order valence-corrected chi connectivity index (χ1v) is 6.10. The number of carbonyl (C=O) groups is 1. The molecule has 0 unspecified atom stereocenters. The van der Waals surface area contributed by atoms with E-state index in [-0.39, 0.29) is 11.7 Å². The van der Waals surface area contributed by atoms with Crippen molar-refractivity contribution in [3.8, 4) is 11.5 Å². The van der Waals surface area contributed by atoms with Crippen molar-refractivity contribution in [1.29, 1.82) is 0 Å². The van der Waals surface area contributed by atoms with Gasteiger partial charge in [0.25, 0.3) is 0 Å². The van der Waals surface area contributed by atoms with Gasteiger partial charge >= 0.3 is 0 Å². The molecule has 1 aromatic rings. The molecule has 18 heavy (non-hydrogen) atoms. The van der Waals surface area contributed by atoms with Gasteiger partial charge in [0.05, 0.1) is 19.8 Å². The molecule has 0 bridgehead atoms. The zero-order valence-corrected chi connectivity index (χ0v) is 10.8. The summed E-state index contributed by atoms with van der Waals surface area (Å²) in [6.45, 7) is 1.32. The Balaban J connectivity index is 2.23. The predicted molar refractivity (Wildman–Crippen MR) is 67.4 cm³/mol.